The molecule has 0 radical (unpaired) electrons. The van der Waals surface area contributed by atoms with Gasteiger partial charge in [-0.15, -0.1) is 0 Å². The fourth-order valence-corrected chi connectivity index (χ4v) is 2.74. The minimum absolute atomic E-state index is 0.0201. The second kappa shape index (κ2) is 3.91. The van der Waals surface area contributed by atoms with Gasteiger partial charge in [0.25, 0.3) is 0 Å². The second-order valence-electron chi connectivity index (χ2n) is 4.59. The summed E-state index contributed by atoms with van der Waals surface area (Å²) in [5.74, 6) is -0.0624. The molecule has 1 heterocycles. The summed E-state index contributed by atoms with van der Waals surface area (Å²) in [6.07, 6.45) is 2.61. The number of aromatic nitrogens is 1. The van der Waals surface area contributed by atoms with Gasteiger partial charge in [0.05, 0.1) is 13.0 Å². The van der Waals surface area contributed by atoms with E-state index in [2.05, 4.69) is 17.1 Å². The fourth-order valence-electron chi connectivity index (χ4n) is 2.74. The number of benzene rings is 1. The lowest BCUT2D eigenvalue weighted by Gasteiger charge is -2.20. The van der Waals surface area contributed by atoms with Gasteiger partial charge < -0.3 is 9.72 Å². The van der Waals surface area contributed by atoms with Crippen molar-refractivity contribution in [2.75, 3.05) is 7.11 Å². The first-order chi connectivity index (χ1) is 8.29. The third-order valence-corrected chi connectivity index (χ3v) is 3.63. The van der Waals surface area contributed by atoms with E-state index in [0.29, 0.717) is 0 Å². The highest BCUT2D eigenvalue weighted by Crippen LogP contribution is 2.31. The van der Waals surface area contributed by atoms with Crippen molar-refractivity contribution in [1.29, 1.82) is 0 Å². The predicted molar refractivity (Wildman–Crippen MR) is 65.8 cm³/mol. The van der Waals surface area contributed by atoms with Gasteiger partial charge in [-0.1, -0.05) is 18.2 Å². The Morgan fingerprint density at radius 3 is 3.06 bits per heavy atom. The number of hydrogen-bond donors (Lipinski definition) is 1. The highest BCUT2D eigenvalue weighted by Gasteiger charge is 2.27. The molecule has 0 unspecified atom stereocenters. The zero-order valence-corrected chi connectivity index (χ0v) is 9.82. The van der Waals surface area contributed by atoms with Gasteiger partial charge in [0.15, 0.2) is 0 Å². The van der Waals surface area contributed by atoms with Crippen molar-refractivity contribution in [3.63, 3.8) is 0 Å². The maximum absolute atomic E-state index is 11.6. The molecule has 1 aromatic heterocycles. The van der Waals surface area contributed by atoms with E-state index >= 15 is 0 Å². The number of ether oxygens (including phenoxy) is 1. The van der Waals surface area contributed by atoms with Crippen LogP contribution < -0.4 is 0 Å². The number of carbonyl (C=O) groups is 1. The molecule has 0 fully saturated rings. The third-order valence-electron chi connectivity index (χ3n) is 3.63. The van der Waals surface area contributed by atoms with Crippen LogP contribution in [-0.4, -0.2) is 18.1 Å². The van der Waals surface area contributed by atoms with Crippen molar-refractivity contribution >= 4 is 16.9 Å². The zero-order chi connectivity index (χ0) is 11.8. The standard InChI is InChI=1S/C14H15NO2/c1-17-14(16)9-6-7-13-11(8-9)10-4-2-3-5-12(10)15-13/h2-5,9,15H,6-8H2,1H3/t9-/m1/s1. The maximum Gasteiger partial charge on any atom is 0.309 e. The van der Waals surface area contributed by atoms with Crippen molar-refractivity contribution in [1.82, 2.24) is 4.98 Å². The summed E-state index contributed by atoms with van der Waals surface area (Å²) in [6, 6.07) is 8.27. The molecule has 17 heavy (non-hydrogen) atoms. The second-order valence-corrected chi connectivity index (χ2v) is 4.59. The Morgan fingerprint density at radius 1 is 1.41 bits per heavy atom. The molecule has 0 saturated heterocycles. The van der Waals surface area contributed by atoms with Crippen LogP contribution in [0.1, 0.15) is 17.7 Å². The summed E-state index contributed by atoms with van der Waals surface area (Å²) in [7, 11) is 1.47. The fraction of sp³-hybridized carbons (Fsp3) is 0.357. The van der Waals surface area contributed by atoms with E-state index in [4.69, 9.17) is 4.74 Å². The van der Waals surface area contributed by atoms with E-state index in [1.807, 2.05) is 12.1 Å². The van der Waals surface area contributed by atoms with Gasteiger partial charge in [-0.25, -0.2) is 0 Å². The molecule has 1 aliphatic carbocycles. The van der Waals surface area contributed by atoms with Crippen molar-refractivity contribution in [3.05, 3.63) is 35.5 Å². The van der Waals surface area contributed by atoms with Gasteiger partial charge >= 0.3 is 5.97 Å². The number of aryl methyl sites for hydroxylation is 1. The summed E-state index contributed by atoms with van der Waals surface area (Å²) in [6.45, 7) is 0. The molecular formula is C14H15NO2. The van der Waals surface area contributed by atoms with Crippen LogP contribution in [0.25, 0.3) is 10.9 Å². The molecular weight excluding hydrogens is 214 g/mol. The Balaban J connectivity index is 2.03. The molecule has 1 N–H and O–H groups in total. The van der Waals surface area contributed by atoms with Crippen LogP contribution in [0.2, 0.25) is 0 Å². The molecule has 3 nitrogen and oxygen atoms in total. The highest BCUT2D eigenvalue weighted by atomic mass is 16.5. The van der Waals surface area contributed by atoms with Crippen LogP contribution in [0.5, 0.6) is 0 Å². The lowest BCUT2D eigenvalue weighted by molar-refractivity contribution is -0.145. The van der Waals surface area contributed by atoms with Crippen LogP contribution in [0, 0.1) is 5.92 Å². The van der Waals surface area contributed by atoms with E-state index in [0.717, 1.165) is 19.3 Å². The summed E-state index contributed by atoms with van der Waals surface area (Å²) in [4.78, 5) is 15.0. The molecule has 0 amide bonds. The molecule has 1 atom stereocenters. The predicted octanol–water partition coefficient (Wildman–Crippen LogP) is 2.45. The highest BCUT2D eigenvalue weighted by molar-refractivity contribution is 5.86. The number of rotatable bonds is 1. The Morgan fingerprint density at radius 2 is 2.24 bits per heavy atom. The molecule has 3 heteroatoms. The molecule has 88 valence electrons. The molecule has 1 aromatic carbocycles. The molecule has 0 saturated carbocycles. The molecule has 0 aliphatic heterocycles. The first kappa shape index (κ1) is 10.4. The van der Waals surface area contributed by atoms with Crippen LogP contribution >= 0.6 is 0 Å². The largest absolute Gasteiger partial charge is 0.469 e. The van der Waals surface area contributed by atoms with Gasteiger partial charge in [0, 0.05) is 16.6 Å². The number of methoxy groups -OCH3 is 1. The molecule has 2 aromatic rings. The van der Waals surface area contributed by atoms with Gasteiger partial charge in [0.1, 0.15) is 0 Å². The summed E-state index contributed by atoms with van der Waals surface area (Å²) in [5.41, 5.74) is 3.75. The van der Waals surface area contributed by atoms with Crippen molar-refractivity contribution in [2.45, 2.75) is 19.3 Å². The van der Waals surface area contributed by atoms with Crippen LogP contribution in [-0.2, 0) is 22.4 Å². The lowest BCUT2D eigenvalue weighted by Crippen LogP contribution is -2.23. The Kier molecular flexibility index (Phi) is 2.39. The quantitative estimate of drug-likeness (QED) is 0.763. The topological polar surface area (TPSA) is 42.1 Å². The minimum atomic E-state index is -0.0825. The maximum atomic E-state index is 11.6. The van der Waals surface area contributed by atoms with Gasteiger partial charge in [-0.3, -0.25) is 4.79 Å². The van der Waals surface area contributed by atoms with Crippen LogP contribution in [0.4, 0.5) is 0 Å². The summed E-state index contributed by atoms with van der Waals surface area (Å²) >= 11 is 0. The first-order valence-electron chi connectivity index (χ1n) is 5.96. The Labute approximate surface area is 99.8 Å². The number of aromatic amines is 1. The number of H-pyrrole nitrogens is 1. The Hall–Kier alpha value is -1.77. The number of carbonyl (C=O) groups excluding carboxylic acids is 1. The molecule has 1 aliphatic rings. The van der Waals surface area contributed by atoms with Crippen molar-refractivity contribution in [3.8, 4) is 0 Å². The SMILES string of the molecule is COC(=O)[C@@H]1CCc2[nH]c3ccccc3c2C1. The number of esters is 1. The normalized spacial score (nSPS) is 19.0. The van der Waals surface area contributed by atoms with E-state index in [1.165, 1.54) is 29.3 Å². The molecule has 3 rings (SSSR count). The smallest absolute Gasteiger partial charge is 0.309 e. The molecule has 0 spiro atoms. The van der Waals surface area contributed by atoms with Crippen molar-refractivity contribution < 1.29 is 9.53 Å². The van der Waals surface area contributed by atoms with Crippen LogP contribution in [0.15, 0.2) is 24.3 Å². The minimum Gasteiger partial charge on any atom is -0.469 e. The van der Waals surface area contributed by atoms with E-state index in [-0.39, 0.29) is 11.9 Å². The number of para-hydroxylation sites is 1. The lowest BCUT2D eigenvalue weighted by atomic mass is 9.86. The Bertz CT molecular complexity index is 571. The van der Waals surface area contributed by atoms with E-state index in [9.17, 15) is 4.79 Å². The number of nitrogens with one attached hydrogen (secondary N) is 1. The average Bonchev–Trinajstić information content (AvgIpc) is 2.75. The van der Waals surface area contributed by atoms with Gasteiger partial charge in [-0.2, -0.15) is 0 Å². The van der Waals surface area contributed by atoms with Gasteiger partial charge in [-0.05, 0) is 30.9 Å². The van der Waals surface area contributed by atoms with Crippen molar-refractivity contribution in [2.24, 2.45) is 5.92 Å². The zero-order valence-electron chi connectivity index (χ0n) is 9.82. The van der Waals surface area contributed by atoms with E-state index < -0.39 is 0 Å². The average molecular weight is 229 g/mol. The van der Waals surface area contributed by atoms with Crippen LogP contribution in [0.3, 0.4) is 0 Å². The first-order valence-corrected chi connectivity index (χ1v) is 5.96. The summed E-state index contributed by atoms with van der Waals surface area (Å²) < 4.78 is 4.84. The third kappa shape index (κ3) is 1.62. The summed E-state index contributed by atoms with van der Waals surface area (Å²) in [5, 5.41) is 1.25. The number of fused-ring (bicyclic) bond motifs is 3. The van der Waals surface area contributed by atoms with E-state index in [1.54, 1.807) is 0 Å². The molecule has 0 bridgehead atoms. The van der Waals surface area contributed by atoms with Gasteiger partial charge in [0.2, 0.25) is 0 Å². The number of hydrogen-bond acceptors (Lipinski definition) is 2. The monoisotopic (exact) mass is 229 g/mol.